The molecule has 1 N–H and O–H groups in total. The Bertz CT molecular complexity index is 699. The van der Waals surface area contributed by atoms with Gasteiger partial charge in [0.1, 0.15) is 12.4 Å². The van der Waals surface area contributed by atoms with E-state index in [1.165, 1.54) is 0 Å². The Balaban J connectivity index is 1.45. The van der Waals surface area contributed by atoms with Gasteiger partial charge in [-0.05, 0) is 38.1 Å². The number of benzene rings is 1. The van der Waals surface area contributed by atoms with Crippen LogP contribution in [-0.4, -0.2) is 61.0 Å². The largest absolute Gasteiger partial charge is 0.491 e. The summed E-state index contributed by atoms with van der Waals surface area (Å²) in [4.78, 5) is 6.84. The molecule has 3 heterocycles. The number of likely N-dealkylation sites (N-methyl/N-ethyl adjacent to an activating group) is 1. The zero-order chi connectivity index (χ0) is 17.1. The Morgan fingerprint density at radius 2 is 2.36 bits per heavy atom. The summed E-state index contributed by atoms with van der Waals surface area (Å²) in [5, 5.41) is 7.55. The van der Waals surface area contributed by atoms with Crippen LogP contribution in [0.4, 0.5) is 0 Å². The smallest absolute Gasteiger partial charge is 0.258 e. The van der Waals surface area contributed by atoms with Gasteiger partial charge in [-0.1, -0.05) is 11.2 Å². The van der Waals surface area contributed by atoms with E-state index in [2.05, 4.69) is 27.4 Å². The highest BCUT2D eigenvalue weighted by molar-refractivity contribution is 5.55. The van der Waals surface area contributed by atoms with Gasteiger partial charge in [0.15, 0.2) is 5.82 Å². The molecule has 1 aromatic heterocycles. The molecule has 0 radical (unpaired) electrons. The van der Waals surface area contributed by atoms with E-state index in [9.17, 15) is 0 Å². The van der Waals surface area contributed by atoms with E-state index in [0.29, 0.717) is 12.5 Å². The molecule has 4 rings (SSSR count). The first kappa shape index (κ1) is 16.5. The van der Waals surface area contributed by atoms with Gasteiger partial charge in [-0.2, -0.15) is 4.98 Å². The standard InChI is InChI=1S/C18H24N4O3/c1-22-8-7-19-11-16(22)17-20-18(25-21-17)13-4-2-5-14(10-13)24-12-15-6-3-9-23-15/h2,4-5,10,15-16,19H,3,6-9,11-12H2,1H3. The van der Waals surface area contributed by atoms with Gasteiger partial charge >= 0.3 is 0 Å². The quantitative estimate of drug-likeness (QED) is 0.888. The summed E-state index contributed by atoms with van der Waals surface area (Å²) in [6, 6.07) is 7.92. The van der Waals surface area contributed by atoms with Crippen LogP contribution in [0.15, 0.2) is 28.8 Å². The fourth-order valence-corrected chi connectivity index (χ4v) is 3.27. The highest BCUT2D eigenvalue weighted by Crippen LogP contribution is 2.26. The topological polar surface area (TPSA) is 72.7 Å². The molecule has 2 atom stereocenters. The molecule has 7 heteroatoms. The molecule has 0 amide bonds. The van der Waals surface area contributed by atoms with E-state index >= 15 is 0 Å². The minimum atomic E-state index is 0.144. The fraction of sp³-hybridized carbons (Fsp3) is 0.556. The molecular weight excluding hydrogens is 320 g/mol. The number of piperazine rings is 1. The van der Waals surface area contributed by atoms with Crippen molar-refractivity contribution in [3.63, 3.8) is 0 Å². The van der Waals surface area contributed by atoms with Crippen molar-refractivity contribution in [1.82, 2.24) is 20.4 Å². The lowest BCUT2D eigenvalue weighted by Crippen LogP contribution is -2.44. The van der Waals surface area contributed by atoms with Gasteiger partial charge in [0.25, 0.3) is 5.89 Å². The van der Waals surface area contributed by atoms with Crippen molar-refractivity contribution in [3.8, 4) is 17.2 Å². The first-order chi connectivity index (χ1) is 12.3. The van der Waals surface area contributed by atoms with Crippen LogP contribution < -0.4 is 10.1 Å². The number of rotatable bonds is 5. The molecule has 7 nitrogen and oxygen atoms in total. The van der Waals surface area contributed by atoms with E-state index in [1.54, 1.807) is 0 Å². The summed E-state index contributed by atoms with van der Waals surface area (Å²) in [5.74, 6) is 2.04. The normalized spacial score (nSPS) is 24.5. The molecular formula is C18H24N4O3. The lowest BCUT2D eigenvalue weighted by atomic mass is 10.2. The van der Waals surface area contributed by atoms with Crippen LogP contribution in [0, 0.1) is 0 Å². The van der Waals surface area contributed by atoms with Gasteiger partial charge in [-0.25, -0.2) is 0 Å². The fourth-order valence-electron chi connectivity index (χ4n) is 3.27. The Morgan fingerprint density at radius 1 is 1.40 bits per heavy atom. The van der Waals surface area contributed by atoms with Gasteiger partial charge in [0.2, 0.25) is 0 Å². The summed E-state index contributed by atoms with van der Waals surface area (Å²) in [6.07, 6.45) is 2.38. The molecule has 2 saturated heterocycles. The van der Waals surface area contributed by atoms with Gasteiger partial charge in [-0.15, -0.1) is 0 Å². The second-order valence-corrected chi connectivity index (χ2v) is 6.63. The van der Waals surface area contributed by atoms with Crippen LogP contribution in [0.3, 0.4) is 0 Å². The second kappa shape index (κ2) is 7.51. The van der Waals surface area contributed by atoms with E-state index in [-0.39, 0.29) is 12.1 Å². The van der Waals surface area contributed by atoms with Crippen molar-refractivity contribution in [2.24, 2.45) is 0 Å². The monoisotopic (exact) mass is 344 g/mol. The Hall–Kier alpha value is -1.96. The van der Waals surface area contributed by atoms with Gasteiger partial charge in [0.05, 0.1) is 12.1 Å². The number of nitrogens with zero attached hydrogens (tertiary/aromatic N) is 3. The predicted octanol–water partition coefficient (Wildman–Crippen LogP) is 1.87. The minimum Gasteiger partial charge on any atom is -0.491 e. The zero-order valence-electron chi connectivity index (χ0n) is 14.5. The Labute approximate surface area is 147 Å². The minimum absolute atomic E-state index is 0.144. The molecule has 0 aliphatic carbocycles. The molecule has 134 valence electrons. The van der Waals surface area contributed by atoms with E-state index in [0.717, 1.165) is 56.2 Å². The molecule has 2 aliphatic heterocycles. The van der Waals surface area contributed by atoms with Crippen LogP contribution in [0.2, 0.25) is 0 Å². The Kier molecular flexibility index (Phi) is 4.96. The average Bonchev–Trinajstić information content (AvgIpc) is 3.33. The number of nitrogens with one attached hydrogen (secondary N) is 1. The lowest BCUT2D eigenvalue weighted by Gasteiger charge is -2.30. The molecule has 2 aliphatic rings. The molecule has 0 bridgehead atoms. The summed E-state index contributed by atoms with van der Waals surface area (Å²) in [7, 11) is 2.08. The maximum atomic E-state index is 5.86. The van der Waals surface area contributed by atoms with Crippen LogP contribution in [0.25, 0.3) is 11.5 Å². The maximum absolute atomic E-state index is 5.86. The van der Waals surface area contributed by atoms with E-state index in [4.69, 9.17) is 14.0 Å². The van der Waals surface area contributed by atoms with Gasteiger partial charge in [-0.3, -0.25) is 4.90 Å². The highest BCUT2D eigenvalue weighted by atomic mass is 16.5. The molecule has 2 unspecified atom stereocenters. The summed E-state index contributed by atoms with van der Waals surface area (Å²) in [6.45, 7) is 4.21. The predicted molar refractivity (Wildman–Crippen MR) is 92.4 cm³/mol. The summed E-state index contributed by atoms with van der Waals surface area (Å²) < 4.78 is 16.9. The highest BCUT2D eigenvalue weighted by Gasteiger charge is 2.25. The van der Waals surface area contributed by atoms with Crippen molar-refractivity contribution in [2.75, 3.05) is 39.9 Å². The molecule has 1 aromatic carbocycles. The van der Waals surface area contributed by atoms with Crippen molar-refractivity contribution < 1.29 is 14.0 Å². The molecule has 0 spiro atoms. The average molecular weight is 344 g/mol. The van der Waals surface area contributed by atoms with Gasteiger partial charge in [0, 0.05) is 31.8 Å². The maximum Gasteiger partial charge on any atom is 0.258 e. The Morgan fingerprint density at radius 3 is 3.20 bits per heavy atom. The third kappa shape index (κ3) is 3.84. The van der Waals surface area contributed by atoms with Crippen molar-refractivity contribution in [1.29, 1.82) is 0 Å². The van der Waals surface area contributed by atoms with Crippen LogP contribution in [0.1, 0.15) is 24.7 Å². The molecule has 2 aromatic rings. The first-order valence-electron chi connectivity index (χ1n) is 8.89. The van der Waals surface area contributed by atoms with Crippen molar-refractivity contribution in [2.45, 2.75) is 25.0 Å². The van der Waals surface area contributed by atoms with E-state index < -0.39 is 0 Å². The number of hydrogen-bond donors (Lipinski definition) is 1. The summed E-state index contributed by atoms with van der Waals surface area (Å²) in [5.41, 5.74) is 0.870. The molecule has 0 saturated carbocycles. The number of hydrogen-bond acceptors (Lipinski definition) is 7. The first-order valence-corrected chi connectivity index (χ1v) is 8.89. The van der Waals surface area contributed by atoms with Crippen LogP contribution in [0.5, 0.6) is 5.75 Å². The third-order valence-electron chi connectivity index (χ3n) is 4.79. The lowest BCUT2D eigenvalue weighted by molar-refractivity contribution is 0.0680. The van der Waals surface area contributed by atoms with Crippen LogP contribution >= 0.6 is 0 Å². The molecule has 25 heavy (non-hydrogen) atoms. The zero-order valence-corrected chi connectivity index (χ0v) is 14.5. The second-order valence-electron chi connectivity index (χ2n) is 6.63. The summed E-state index contributed by atoms with van der Waals surface area (Å²) >= 11 is 0. The SMILES string of the molecule is CN1CCNCC1c1noc(-c2cccc(OCC3CCCO3)c2)n1. The van der Waals surface area contributed by atoms with Crippen molar-refractivity contribution in [3.05, 3.63) is 30.1 Å². The van der Waals surface area contributed by atoms with Crippen LogP contribution in [-0.2, 0) is 4.74 Å². The van der Waals surface area contributed by atoms with Crippen molar-refractivity contribution >= 4 is 0 Å². The molecule has 2 fully saturated rings. The number of ether oxygens (including phenoxy) is 2. The number of aromatic nitrogens is 2. The third-order valence-corrected chi connectivity index (χ3v) is 4.79. The van der Waals surface area contributed by atoms with E-state index in [1.807, 2.05) is 24.3 Å². The van der Waals surface area contributed by atoms with Gasteiger partial charge < -0.3 is 19.3 Å².